The van der Waals surface area contributed by atoms with E-state index in [0.29, 0.717) is 0 Å². The second kappa shape index (κ2) is 4.96. The molecule has 1 rings (SSSR count). The maximum Gasteiger partial charge on any atom is 0.165 e. The molecule has 0 bridgehead atoms. The molecule has 0 heterocycles. The fourth-order valence-corrected chi connectivity index (χ4v) is 1.26. The summed E-state index contributed by atoms with van der Waals surface area (Å²) in [7, 11) is 1.46. The van der Waals surface area contributed by atoms with Gasteiger partial charge in [0.15, 0.2) is 11.6 Å². The monoisotopic (exact) mass is 197 g/mol. The molecule has 0 aliphatic rings. The highest BCUT2D eigenvalue weighted by molar-refractivity contribution is 5.29. The highest BCUT2D eigenvalue weighted by atomic mass is 19.1. The molecule has 78 valence electrons. The Bertz CT molecular complexity index is 299. The van der Waals surface area contributed by atoms with Gasteiger partial charge in [0, 0.05) is 6.04 Å². The summed E-state index contributed by atoms with van der Waals surface area (Å²) in [5, 5.41) is 0. The summed E-state index contributed by atoms with van der Waals surface area (Å²) >= 11 is 0. The first-order chi connectivity index (χ1) is 6.63. The van der Waals surface area contributed by atoms with Gasteiger partial charge in [0.2, 0.25) is 0 Å². The molecule has 0 aliphatic carbocycles. The van der Waals surface area contributed by atoms with Gasteiger partial charge in [-0.3, -0.25) is 0 Å². The summed E-state index contributed by atoms with van der Waals surface area (Å²) in [5.74, 6) is -0.0239. The van der Waals surface area contributed by atoms with Crippen LogP contribution in [-0.4, -0.2) is 13.2 Å². The van der Waals surface area contributed by atoms with Gasteiger partial charge in [-0.15, -0.1) is 0 Å². The van der Waals surface area contributed by atoms with Gasteiger partial charge in [-0.2, -0.15) is 0 Å². The van der Waals surface area contributed by atoms with Crippen molar-refractivity contribution < 1.29 is 9.13 Å². The first kappa shape index (κ1) is 11.0. The number of ether oxygens (including phenoxy) is 1. The van der Waals surface area contributed by atoms with E-state index in [1.165, 1.54) is 13.2 Å². The molecule has 0 saturated carbocycles. The van der Waals surface area contributed by atoms with E-state index >= 15 is 0 Å². The van der Waals surface area contributed by atoms with Crippen LogP contribution in [0.5, 0.6) is 5.75 Å². The average molecular weight is 197 g/mol. The van der Waals surface area contributed by atoms with Gasteiger partial charge in [0.1, 0.15) is 0 Å². The smallest absolute Gasteiger partial charge is 0.165 e. The van der Waals surface area contributed by atoms with Crippen molar-refractivity contribution in [3.8, 4) is 5.75 Å². The number of aryl methyl sites for hydroxylation is 1. The molecule has 0 fully saturated rings. The molecular formula is C11H16FNO. The fraction of sp³-hybridized carbons (Fsp3) is 0.455. The second-order valence-electron chi connectivity index (χ2n) is 3.48. The zero-order valence-electron chi connectivity index (χ0n) is 8.59. The lowest BCUT2D eigenvalue weighted by molar-refractivity contribution is 0.386. The third-order valence-corrected chi connectivity index (χ3v) is 2.10. The van der Waals surface area contributed by atoms with Gasteiger partial charge >= 0.3 is 0 Å². The molecule has 3 heteroatoms. The molecule has 0 saturated heterocycles. The van der Waals surface area contributed by atoms with Gasteiger partial charge in [-0.1, -0.05) is 6.07 Å². The molecule has 14 heavy (non-hydrogen) atoms. The Labute approximate surface area is 83.9 Å². The van der Waals surface area contributed by atoms with E-state index in [-0.39, 0.29) is 17.6 Å². The quantitative estimate of drug-likeness (QED) is 0.802. The first-order valence-corrected chi connectivity index (χ1v) is 4.71. The molecule has 0 spiro atoms. The Morgan fingerprint density at radius 2 is 2.21 bits per heavy atom. The molecular weight excluding hydrogens is 181 g/mol. The van der Waals surface area contributed by atoms with Crippen molar-refractivity contribution in [3.05, 3.63) is 29.6 Å². The van der Waals surface area contributed by atoms with Crippen molar-refractivity contribution in [1.82, 2.24) is 0 Å². The molecule has 0 aliphatic heterocycles. The van der Waals surface area contributed by atoms with Crippen molar-refractivity contribution in [3.63, 3.8) is 0 Å². The molecule has 2 nitrogen and oxygen atoms in total. The zero-order chi connectivity index (χ0) is 10.6. The third-order valence-electron chi connectivity index (χ3n) is 2.10. The minimum Gasteiger partial charge on any atom is -0.494 e. The van der Waals surface area contributed by atoms with E-state index in [9.17, 15) is 4.39 Å². The van der Waals surface area contributed by atoms with Crippen LogP contribution in [0.25, 0.3) is 0 Å². The number of hydrogen-bond donors (Lipinski definition) is 1. The number of nitrogens with two attached hydrogens (primary N) is 1. The van der Waals surface area contributed by atoms with Gasteiger partial charge in [0.25, 0.3) is 0 Å². The van der Waals surface area contributed by atoms with Gasteiger partial charge in [-0.05, 0) is 37.5 Å². The van der Waals surface area contributed by atoms with E-state index in [1.807, 2.05) is 13.0 Å². The Balaban J connectivity index is 2.66. The number of benzene rings is 1. The summed E-state index contributed by atoms with van der Waals surface area (Å²) in [4.78, 5) is 0. The summed E-state index contributed by atoms with van der Waals surface area (Å²) in [6, 6.07) is 5.16. The Morgan fingerprint density at radius 1 is 1.50 bits per heavy atom. The predicted octanol–water partition coefficient (Wildman–Crippen LogP) is 2.11. The lowest BCUT2D eigenvalue weighted by atomic mass is 10.1. The van der Waals surface area contributed by atoms with Crippen LogP contribution in [-0.2, 0) is 6.42 Å². The van der Waals surface area contributed by atoms with E-state index in [2.05, 4.69) is 0 Å². The highest BCUT2D eigenvalue weighted by Gasteiger charge is 2.03. The SMILES string of the molecule is COc1ccc(CCC(C)N)cc1F. The third kappa shape index (κ3) is 3.00. The Hall–Kier alpha value is -1.09. The summed E-state index contributed by atoms with van der Waals surface area (Å²) < 4.78 is 18.0. The minimum atomic E-state index is -0.310. The van der Waals surface area contributed by atoms with Crippen molar-refractivity contribution in [1.29, 1.82) is 0 Å². The molecule has 0 radical (unpaired) electrons. The number of rotatable bonds is 4. The summed E-state index contributed by atoms with van der Waals surface area (Å²) in [6.07, 6.45) is 1.67. The van der Waals surface area contributed by atoms with Crippen LogP contribution in [0.4, 0.5) is 4.39 Å². The highest BCUT2D eigenvalue weighted by Crippen LogP contribution is 2.18. The van der Waals surface area contributed by atoms with E-state index in [0.717, 1.165) is 18.4 Å². The predicted molar refractivity (Wildman–Crippen MR) is 54.9 cm³/mol. The van der Waals surface area contributed by atoms with Crippen molar-refractivity contribution in [2.24, 2.45) is 5.73 Å². The van der Waals surface area contributed by atoms with Crippen LogP contribution in [0, 0.1) is 5.82 Å². The van der Waals surface area contributed by atoms with Crippen LogP contribution in [0.1, 0.15) is 18.9 Å². The number of halogens is 1. The molecule has 1 unspecified atom stereocenters. The number of methoxy groups -OCH3 is 1. The van der Waals surface area contributed by atoms with Crippen LogP contribution in [0.15, 0.2) is 18.2 Å². The van der Waals surface area contributed by atoms with Gasteiger partial charge in [-0.25, -0.2) is 4.39 Å². The van der Waals surface area contributed by atoms with Gasteiger partial charge in [0.05, 0.1) is 7.11 Å². The molecule has 1 aromatic carbocycles. The maximum absolute atomic E-state index is 13.2. The van der Waals surface area contributed by atoms with E-state index in [1.54, 1.807) is 6.07 Å². The fourth-order valence-electron chi connectivity index (χ4n) is 1.26. The lowest BCUT2D eigenvalue weighted by Gasteiger charge is -2.06. The molecule has 1 aromatic rings. The first-order valence-electron chi connectivity index (χ1n) is 4.71. The lowest BCUT2D eigenvalue weighted by Crippen LogP contribution is -2.15. The standard InChI is InChI=1S/C11H16FNO/c1-8(13)3-4-9-5-6-11(14-2)10(12)7-9/h5-8H,3-4,13H2,1-2H3. The summed E-state index contributed by atoms with van der Waals surface area (Å²) in [6.45, 7) is 1.94. The topological polar surface area (TPSA) is 35.2 Å². The van der Waals surface area contributed by atoms with Crippen LogP contribution < -0.4 is 10.5 Å². The van der Waals surface area contributed by atoms with Crippen LogP contribution in [0.2, 0.25) is 0 Å². The normalized spacial score (nSPS) is 12.6. The van der Waals surface area contributed by atoms with E-state index in [4.69, 9.17) is 10.5 Å². The molecule has 1 atom stereocenters. The zero-order valence-corrected chi connectivity index (χ0v) is 8.59. The van der Waals surface area contributed by atoms with Gasteiger partial charge < -0.3 is 10.5 Å². The largest absolute Gasteiger partial charge is 0.494 e. The Morgan fingerprint density at radius 3 is 2.71 bits per heavy atom. The maximum atomic E-state index is 13.2. The average Bonchev–Trinajstić information content (AvgIpc) is 2.15. The molecule has 2 N–H and O–H groups in total. The number of hydrogen-bond acceptors (Lipinski definition) is 2. The van der Waals surface area contributed by atoms with Crippen LogP contribution in [0.3, 0.4) is 0 Å². The molecule has 0 aromatic heterocycles. The van der Waals surface area contributed by atoms with Crippen molar-refractivity contribution in [2.75, 3.05) is 7.11 Å². The minimum absolute atomic E-state index is 0.153. The van der Waals surface area contributed by atoms with E-state index < -0.39 is 0 Å². The van der Waals surface area contributed by atoms with Crippen LogP contribution >= 0.6 is 0 Å². The molecule has 0 amide bonds. The summed E-state index contributed by atoms with van der Waals surface area (Å²) in [5.41, 5.74) is 6.57. The second-order valence-corrected chi connectivity index (χ2v) is 3.48. The van der Waals surface area contributed by atoms with Crippen molar-refractivity contribution >= 4 is 0 Å². The van der Waals surface area contributed by atoms with Crippen molar-refractivity contribution in [2.45, 2.75) is 25.8 Å². The Kier molecular flexibility index (Phi) is 3.89.